The fourth-order valence-corrected chi connectivity index (χ4v) is 5.48. The lowest BCUT2D eigenvalue weighted by molar-refractivity contribution is -0.140. The van der Waals surface area contributed by atoms with Crippen molar-refractivity contribution in [3.05, 3.63) is 99.5 Å². The van der Waals surface area contributed by atoms with Crippen molar-refractivity contribution < 1.29 is 18.0 Å². The molecule has 0 aliphatic rings. The zero-order valence-electron chi connectivity index (χ0n) is 22.9. The van der Waals surface area contributed by atoms with Crippen molar-refractivity contribution in [1.82, 2.24) is 10.2 Å². The Kier molecular flexibility index (Phi) is 11.4. The van der Waals surface area contributed by atoms with Gasteiger partial charge in [0, 0.05) is 29.6 Å². The number of carbonyl (C=O) groups is 2. The molecule has 7 nitrogen and oxygen atoms in total. The second-order valence-electron chi connectivity index (χ2n) is 9.70. The van der Waals surface area contributed by atoms with E-state index >= 15 is 0 Å². The van der Waals surface area contributed by atoms with E-state index in [2.05, 4.69) is 5.32 Å². The van der Waals surface area contributed by atoms with Crippen LogP contribution < -0.4 is 9.62 Å². The number of rotatable bonds is 13. The number of unbranched alkanes of at least 4 members (excludes halogenated alkanes) is 1. The van der Waals surface area contributed by atoms with Crippen molar-refractivity contribution in [2.75, 3.05) is 23.7 Å². The van der Waals surface area contributed by atoms with Gasteiger partial charge in [-0.25, -0.2) is 8.42 Å². The van der Waals surface area contributed by atoms with Crippen LogP contribution in [0.3, 0.4) is 0 Å². The van der Waals surface area contributed by atoms with E-state index in [1.165, 1.54) is 11.0 Å². The molecule has 0 radical (unpaired) electrons. The van der Waals surface area contributed by atoms with Crippen molar-refractivity contribution in [1.29, 1.82) is 0 Å². The number of halogens is 2. The van der Waals surface area contributed by atoms with Crippen LogP contribution in [0.15, 0.2) is 72.8 Å². The minimum Gasteiger partial charge on any atom is -0.354 e. The third-order valence-electron chi connectivity index (χ3n) is 6.49. The maximum Gasteiger partial charge on any atom is 0.244 e. The van der Waals surface area contributed by atoms with E-state index in [1.54, 1.807) is 43.3 Å². The van der Waals surface area contributed by atoms with Gasteiger partial charge in [0.15, 0.2) is 0 Å². The average molecular weight is 605 g/mol. The van der Waals surface area contributed by atoms with Crippen molar-refractivity contribution in [2.24, 2.45) is 0 Å². The SMILES string of the molecule is CCCCNC(=O)C(Cc1ccccc1)N(Cc1ccc(Cl)cc1)C(=O)CN(c1cc(Cl)ccc1C)S(C)(=O)=O. The standard InChI is InChI=1S/C30H35Cl2N3O4S/c1-4-5-17-33-30(37)28(18-23-9-7-6-8-10-23)34(20-24-12-15-25(31)16-13-24)29(36)21-35(40(3,38)39)27-19-26(32)14-11-22(27)2/h6-16,19,28H,4-5,17-18,20-21H2,1-3H3,(H,33,37). The average Bonchev–Trinajstić information content (AvgIpc) is 2.91. The molecule has 0 saturated carbocycles. The molecular weight excluding hydrogens is 569 g/mol. The number of nitrogens with one attached hydrogen (secondary N) is 1. The number of anilines is 1. The van der Waals surface area contributed by atoms with Crippen LogP contribution >= 0.6 is 23.2 Å². The number of sulfonamides is 1. The van der Waals surface area contributed by atoms with Gasteiger partial charge in [0.2, 0.25) is 21.8 Å². The third-order valence-corrected chi connectivity index (χ3v) is 8.10. The topological polar surface area (TPSA) is 86.8 Å². The first kappa shape index (κ1) is 31.5. The number of hydrogen-bond acceptors (Lipinski definition) is 4. The Morgan fingerprint density at radius 1 is 0.925 bits per heavy atom. The van der Waals surface area contributed by atoms with Crippen LogP contribution in [0.4, 0.5) is 5.69 Å². The Balaban J connectivity index is 2.05. The summed E-state index contributed by atoms with van der Waals surface area (Å²) in [6.07, 6.45) is 3.00. The van der Waals surface area contributed by atoms with Gasteiger partial charge >= 0.3 is 0 Å². The van der Waals surface area contributed by atoms with Crippen molar-refractivity contribution in [2.45, 2.75) is 45.7 Å². The molecule has 10 heteroatoms. The number of benzene rings is 3. The number of carbonyl (C=O) groups excluding carboxylic acids is 2. The lowest BCUT2D eigenvalue weighted by Crippen LogP contribution is -2.53. The number of hydrogen-bond donors (Lipinski definition) is 1. The summed E-state index contributed by atoms with van der Waals surface area (Å²) in [7, 11) is -3.88. The lowest BCUT2D eigenvalue weighted by atomic mass is 10.0. The zero-order valence-corrected chi connectivity index (χ0v) is 25.3. The highest BCUT2D eigenvalue weighted by atomic mass is 35.5. The molecule has 0 spiro atoms. The maximum atomic E-state index is 14.1. The lowest BCUT2D eigenvalue weighted by Gasteiger charge is -2.34. The number of amides is 2. The molecule has 0 saturated heterocycles. The van der Waals surface area contributed by atoms with Gasteiger partial charge in [-0.3, -0.25) is 13.9 Å². The highest BCUT2D eigenvalue weighted by molar-refractivity contribution is 7.92. The molecule has 1 N–H and O–H groups in total. The molecule has 0 fully saturated rings. The van der Waals surface area contributed by atoms with Crippen LogP contribution in [-0.4, -0.2) is 50.5 Å². The van der Waals surface area contributed by atoms with Crippen LogP contribution in [0.2, 0.25) is 10.0 Å². The summed E-state index contributed by atoms with van der Waals surface area (Å²) < 4.78 is 26.9. The monoisotopic (exact) mass is 603 g/mol. The summed E-state index contributed by atoms with van der Waals surface area (Å²) in [4.78, 5) is 29.1. The molecule has 0 aliphatic carbocycles. The Labute approximate surface area is 247 Å². The highest BCUT2D eigenvalue weighted by Gasteiger charge is 2.33. The molecule has 2 amide bonds. The molecule has 3 rings (SSSR count). The van der Waals surface area contributed by atoms with E-state index in [1.807, 2.05) is 37.3 Å². The van der Waals surface area contributed by atoms with Gasteiger partial charge in [-0.05, 0) is 54.3 Å². The van der Waals surface area contributed by atoms with E-state index in [0.29, 0.717) is 27.8 Å². The van der Waals surface area contributed by atoms with Gasteiger partial charge in [-0.2, -0.15) is 0 Å². The predicted molar refractivity (Wildman–Crippen MR) is 162 cm³/mol. The first-order chi connectivity index (χ1) is 19.0. The van der Waals surface area contributed by atoms with Crippen molar-refractivity contribution in [3.8, 4) is 0 Å². The van der Waals surface area contributed by atoms with E-state index < -0.39 is 28.5 Å². The van der Waals surface area contributed by atoms with Crippen LogP contribution in [0.5, 0.6) is 0 Å². The number of nitrogens with zero attached hydrogens (tertiary/aromatic N) is 2. The smallest absolute Gasteiger partial charge is 0.244 e. The van der Waals surface area contributed by atoms with Crippen molar-refractivity contribution >= 4 is 50.7 Å². The normalized spacial score (nSPS) is 12.0. The Hall–Kier alpha value is -3.07. The highest BCUT2D eigenvalue weighted by Crippen LogP contribution is 2.27. The second-order valence-corrected chi connectivity index (χ2v) is 12.5. The van der Waals surface area contributed by atoms with Gasteiger partial charge in [-0.15, -0.1) is 0 Å². The Morgan fingerprint density at radius 3 is 2.20 bits per heavy atom. The fourth-order valence-electron chi connectivity index (χ4n) is 4.29. The first-order valence-electron chi connectivity index (χ1n) is 13.1. The fraction of sp³-hybridized carbons (Fsp3) is 0.333. The molecule has 3 aromatic carbocycles. The summed E-state index contributed by atoms with van der Waals surface area (Å²) >= 11 is 12.3. The van der Waals surface area contributed by atoms with Gasteiger partial charge in [0.25, 0.3) is 0 Å². The summed E-state index contributed by atoms with van der Waals surface area (Å²) in [6.45, 7) is 3.84. The molecule has 0 bridgehead atoms. The van der Waals surface area contributed by atoms with Gasteiger partial charge in [0.1, 0.15) is 12.6 Å². The molecule has 1 atom stereocenters. The predicted octanol–water partition coefficient (Wildman–Crippen LogP) is 5.62. The molecule has 0 aromatic heterocycles. The molecule has 0 aliphatic heterocycles. The molecule has 214 valence electrons. The van der Waals surface area contributed by atoms with E-state index in [9.17, 15) is 18.0 Å². The molecule has 1 unspecified atom stereocenters. The van der Waals surface area contributed by atoms with Gasteiger partial charge in [0.05, 0.1) is 11.9 Å². The van der Waals surface area contributed by atoms with Gasteiger partial charge in [-0.1, -0.05) is 85.1 Å². The van der Waals surface area contributed by atoms with Crippen LogP contribution in [-0.2, 0) is 32.6 Å². The number of aryl methyl sites for hydroxylation is 1. The summed E-state index contributed by atoms with van der Waals surface area (Å²) in [6, 6.07) is 20.4. The zero-order chi connectivity index (χ0) is 29.3. The van der Waals surface area contributed by atoms with Gasteiger partial charge < -0.3 is 10.2 Å². The quantitative estimate of drug-likeness (QED) is 0.257. The second kappa shape index (κ2) is 14.5. The Morgan fingerprint density at radius 2 is 1.57 bits per heavy atom. The molecule has 3 aromatic rings. The summed E-state index contributed by atoms with van der Waals surface area (Å²) in [5, 5.41) is 3.85. The van der Waals surface area contributed by atoms with Crippen LogP contribution in [0.25, 0.3) is 0 Å². The van der Waals surface area contributed by atoms with E-state index in [-0.39, 0.29) is 18.9 Å². The minimum atomic E-state index is -3.88. The largest absolute Gasteiger partial charge is 0.354 e. The minimum absolute atomic E-state index is 0.0842. The molecule has 0 heterocycles. The summed E-state index contributed by atoms with van der Waals surface area (Å²) in [5.41, 5.74) is 2.58. The first-order valence-corrected chi connectivity index (χ1v) is 15.7. The Bertz CT molecular complexity index is 1400. The van der Waals surface area contributed by atoms with E-state index in [4.69, 9.17) is 23.2 Å². The van der Waals surface area contributed by atoms with E-state index in [0.717, 1.165) is 34.5 Å². The van der Waals surface area contributed by atoms with Crippen LogP contribution in [0, 0.1) is 6.92 Å². The van der Waals surface area contributed by atoms with Crippen molar-refractivity contribution in [3.63, 3.8) is 0 Å². The molecular formula is C30H35Cl2N3O4S. The summed E-state index contributed by atoms with van der Waals surface area (Å²) in [5.74, 6) is -0.823. The molecule has 40 heavy (non-hydrogen) atoms. The van der Waals surface area contributed by atoms with Crippen LogP contribution in [0.1, 0.15) is 36.5 Å². The third kappa shape index (κ3) is 8.98. The maximum absolute atomic E-state index is 14.1.